The van der Waals surface area contributed by atoms with E-state index in [0.717, 1.165) is 44.3 Å². The van der Waals surface area contributed by atoms with Crippen LogP contribution >= 0.6 is 11.3 Å². The van der Waals surface area contributed by atoms with Crippen molar-refractivity contribution in [1.82, 2.24) is 9.97 Å². The Labute approximate surface area is 336 Å². The average Bonchev–Trinajstić information content (AvgIpc) is 3.83. The molecule has 0 radical (unpaired) electrons. The van der Waals surface area contributed by atoms with E-state index in [9.17, 15) is 0 Å². The zero-order valence-corrected chi connectivity index (χ0v) is 33.1. The molecule has 3 aromatic heterocycles. The molecule has 0 spiro atoms. The largest absolute Gasteiger partial charge is 0.245 e. The summed E-state index contributed by atoms with van der Waals surface area (Å²) in [6.45, 7) is 9.43. The second-order valence-corrected chi connectivity index (χ2v) is 18.0. The highest BCUT2D eigenvalue weighted by Crippen LogP contribution is 2.57. The van der Waals surface area contributed by atoms with E-state index in [1.165, 1.54) is 75.8 Å². The quantitative estimate of drug-likeness (QED) is 0.168. The second kappa shape index (κ2) is 11.6. The molecular weight excluding hydrogens is 709 g/mol. The van der Waals surface area contributed by atoms with Gasteiger partial charge in [-0.05, 0) is 73.8 Å². The van der Waals surface area contributed by atoms with Crippen molar-refractivity contribution in [3.8, 4) is 55.9 Å². The first-order chi connectivity index (χ1) is 27.8. The van der Waals surface area contributed by atoms with Crippen LogP contribution in [0.1, 0.15) is 49.9 Å². The first-order valence-corrected chi connectivity index (χ1v) is 20.7. The molecule has 7 aromatic carbocycles. The van der Waals surface area contributed by atoms with Crippen LogP contribution in [-0.4, -0.2) is 9.97 Å². The van der Waals surface area contributed by atoms with Crippen LogP contribution in [0.5, 0.6) is 0 Å². The van der Waals surface area contributed by atoms with Crippen LogP contribution in [0, 0.1) is 0 Å². The molecule has 0 amide bonds. The molecule has 0 atom stereocenters. The van der Waals surface area contributed by atoms with Crippen LogP contribution in [0.3, 0.4) is 0 Å². The minimum absolute atomic E-state index is 0.213. The minimum atomic E-state index is -0.245. The topological polar surface area (TPSA) is 25.8 Å². The fraction of sp³-hybridized carbons (Fsp3) is 0.111. The molecule has 57 heavy (non-hydrogen) atoms. The van der Waals surface area contributed by atoms with Crippen LogP contribution in [0.25, 0.3) is 97.9 Å². The van der Waals surface area contributed by atoms with Gasteiger partial charge >= 0.3 is 0 Å². The van der Waals surface area contributed by atoms with Gasteiger partial charge in [0, 0.05) is 52.9 Å². The molecule has 12 rings (SSSR count). The van der Waals surface area contributed by atoms with E-state index in [2.05, 4.69) is 185 Å². The molecule has 3 heteroatoms. The van der Waals surface area contributed by atoms with Gasteiger partial charge in [-0.15, -0.1) is 11.3 Å². The Balaban J connectivity index is 1.14. The predicted molar refractivity (Wildman–Crippen MR) is 241 cm³/mol. The van der Waals surface area contributed by atoms with Gasteiger partial charge in [-0.25, -0.2) is 9.97 Å². The van der Waals surface area contributed by atoms with E-state index in [0.29, 0.717) is 0 Å². The van der Waals surface area contributed by atoms with Crippen molar-refractivity contribution in [2.24, 2.45) is 0 Å². The van der Waals surface area contributed by atoms with Gasteiger partial charge in [0.25, 0.3) is 0 Å². The van der Waals surface area contributed by atoms with Crippen molar-refractivity contribution in [2.75, 3.05) is 0 Å². The molecule has 2 nitrogen and oxygen atoms in total. The lowest BCUT2D eigenvalue weighted by Gasteiger charge is -2.26. The van der Waals surface area contributed by atoms with E-state index in [1.807, 2.05) is 11.3 Å². The summed E-state index contributed by atoms with van der Waals surface area (Å²) in [5, 5.41) is 4.95. The second-order valence-electron chi connectivity index (χ2n) is 16.9. The number of rotatable bonds is 3. The summed E-state index contributed by atoms with van der Waals surface area (Å²) in [5.41, 5.74) is 18.6. The predicted octanol–water partition coefficient (Wildman–Crippen LogP) is 14.8. The molecule has 270 valence electrons. The Morgan fingerprint density at radius 2 is 0.860 bits per heavy atom. The first kappa shape index (κ1) is 32.8. The Bertz CT molecular complexity index is 3330. The van der Waals surface area contributed by atoms with Gasteiger partial charge in [0.05, 0.1) is 22.4 Å². The molecule has 0 N–H and O–H groups in total. The lowest BCUT2D eigenvalue weighted by molar-refractivity contribution is 0.660. The highest BCUT2D eigenvalue weighted by molar-refractivity contribution is 7.25. The Hall–Kier alpha value is -6.42. The number of nitrogens with zero attached hydrogens (tertiary/aromatic N) is 2. The van der Waals surface area contributed by atoms with Crippen molar-refractivity contribution in [3.05, 3.63) is 180 Å². The van der Waals surface area contributed by atoms with E-state index >= 15 is 0 Å². The summed E-state index contributed by atoms with van der Waals surface area (Å²) in [6.07, 6.45) is 0. The van der Waals surface area contributed by atoms with Crippen LogP contribution in [0.2, 0.25) is 0 Å². The number of pyridine rings is 2. The summed E-state index contributed by atoms with van der Waals surface area (Å²) in [5.74, 6) is 0. The normalized spacial score (nSPS) is 14.6. The highest BCUT2D eigenvalue weighted by Gasteiger charge is 2.42. The molecule has 0 aliphatic heterocycles. The summed E-state index contributed by atoms with van der Waals surface area (Å²) in [7, 11) is 0. The summed E-state index contributed by atoms with van der Waals surface area (Å²) >= 11 is 1.86. The standard InChI is InChI=1S/C54H38N2S/c1-53(2)41-19-11-8-17-36(41)45-38-27-28-39-46-37-18-9-12-20-42(37)54(3,4)48(46)50(56-52(39)51(38)55-49(47(45)53)32-14-6-5-7-15-32)33-24-22-31(23-25-33)34-26-29-44-40(30-34)35-16-10-13-21-43(35)57-44/h5-30H,1-4H3. The molecule has 10 aromatic rings. The molecule has 0 fully saturated rings. The molecule has 2 aliphatic rings. The maximum absolute atomic E-state index is 5.79. The molecule has 3 heterocycles. The number of hydrogen-bond acceptors (Lipinski definition) is 3. The van der Waals surface area contributed by atoms with Crippen LogP contribution in [0.15, 0.2) is 158 Å². The SMILES string of the molecule is CC1(C)c2ccccc2-c2c1c(-c1ccccc1)nc1c2ccc2c3c(c(-c4ccc(-c5ccc6sc7ccccc7c6c5)cc4)nc21)C(C)(C)c1ccccc1-3. The van der Waals surface area contributed by atoms with Crippen LogP contribution in [-0.2, 0) is 10.8 Å². The summed E-state index contributed by atoms with van der Waals surface area (Å²) < 4.78 is 2.65. The fourth-order valence-corrected chi connectivity index (χ4v) is 11.4. The Kier molecular flexibility index (Phi) is 6.65. The zero-order chi connectivity index (χ0) is 38.2. The van der Waals surface area contributed by atoms with Crippen LogP contribution < -0.4 is 0 Å². The molecule has 0 unspecified atom stereocenters. The lowest BCUT2D eigenvalue weighted by atomic mass is 9.79. The Morgan fingerprint density at radius 3 is 1.47 bits per heavy atom. The smallest absolute Gasteiger partial charge is 0.0979 e. The van der Waals surface area contributed by atoms with Gasteiger partial charge in [0.2, 0.25) is 0 Å². The average molecular weight is 747 g/mol. The van der Waals surface area contributed by atoms with E-state index in [-0.39, 0.29) is 10.8 Å². The molecule has 2 aliphatic carbocycles. The number of aromatic nitrogens is 2. The van der Waals surface area contributed by atoms with Crippen molar-refractivity contribution < 1.29 is 0 Å². The maximum atomic E-state index is 5.79. The zero-order valence-electron chi connectivity index (χ0n) is 32.3. The van der Waals surface area contributed by atoms with Gasteiger partial charge in [-0.1, -0.05) is 167 Å². The third-order valence-electron chi connectivity index (χ3n) is 13.0. The van der Waals surface area contributed by atoms with Gasteiger partial charge < -0.3 is 0 Å². The van der Waals surface area contributed by atoms with E-state index in [1.54, 1.807) is 0 Å². The first-order valence-electron chi connectivity index (χ1n) is 19.9. The van der Waals surface area contributed by atoms with Crippen molar-refractivity contribution >= 4 is 53.3 Å². The monoisotopic (exact) mass is 746 g/mol. The summed E-state index contributed by atoms with van der Waals surface area (Å²) in [6, 6.07) is 58.0. The molecular formula is C54H38N2S. The third kappa shape index (κ3) is 4.46. The van der Waals surface area contributed by atoms with E-state index < -0.39 is 0 Å². The van der Waals surface area contributed by atoms with Gasteiger partial charge in [0.1, 0.15) is 0 Å². The summed E-state index contributed by atoms with van der Waals surface area (Å²) in [4.78, 5) is 11.5. The van der Waals surface area contributed by atoms with Crippen molar-refractivity contribution in [3.63, 3.8) is 0 Å². The fourth-order valence-electron chi connectivity index (χ4n) is 10.3. The number of thiophene rings is 1. The van der Waals surface area contributed by atoms with Gasteiger partial charge in [0.15, 0.2) is 0 Å². The van der Waals surface area contributed by atoms with Gasteiger partial charge in [-0.2, -0.15) is 0 Å². The van der Waals surface area contributed by atoms with Crippen molar-refractivity contribution in [1.29, 1.82) is 0 Å². The van der Waals surface area contributed by atoms with Crippen molar-refractivity contribution in [2.45, 2.75) is 38.5 Å². The molecule has 0 bridgehead atoms. The number of hydrogen-bond donors (Lipinski definition) is 0. The highest BCUT2D eigenvalue weighted by atomic mass is 32.1. The molecule has 0 saturated heterocycles. The lowest BCUT2D eigenvalue weighted by Crippen LogP contribution is -2.17. The van der Waals surface area contributed by atoms with Crippen LogP contribution in [0.4, 0.5) is 0 Å². The number of benzene rings is 7. The minimum Gasteiger partial charge on any atom is -0.245 e. The Morgan fingerprint density at radius 1 is 0.386 bits per heavy atom. The third-order valence-corrected chi connectivity index (χ3v) is 14.2. The maximum Gasteiger partial charge on any atom is 0.0979 e. The molecule has 0 saturated carbocycles. The van der Waals surface area contributed by atoms with E-state index in [4.69, 9.17) is 9.97 Å². The van der Waals surface area contributed by atoms with Gasteiger partial charge in [-0.3, -0.25) is 0 Å². The number of fused-ring (bicyclic) bond motifs is 14.